The van der Waals surface area contributed by atoms with Gasteiger partial charge in [-0.15, -0.1) is 0 Å². The van der Waals surface area contributed by atoms with E-state index in [1.165, 1.54) is 0 Å². The van der Waals surface area contributed by atoms with Crippen LogP contribution in [0.1, 0.15) is 39.0 Å². The number of hydrogen-bond donors (Lipinski definition) is 2. The first kappa shape index (κ1) is 16.1. The predicted molar refractivity (Wildman–Crippen MR) is 78.1 cm³/mol. The van der Waals surface area contributed by atoms with Gasteiger partial charge in [0, 0.05) is 20.2 Å². The van der Waals surface area contributed by atoms with E-state index in [9.17, 15) is 14.7 Å². The topological polar surface area (TPSA) is 78.9 Å². The number of carbonyl (C=O) groups excluding carboxylic acids is 1. The number of ether oxygens (including phenoxy) is 1. The van der Waals surface area contributed by atoms with E-state index in [0.717, 1.165) is 25.7 Å². The number of carbonyl (C=O) groups is 2. The lowest BCUT2D eigenvalue weighted by Crippen LogP contribution is -2.54. The third-order valence-corrected chi connectivity index (χ3v) is 4.61. The minimum atomic E-state index is -0.813. The average molecular weight is 298 g/mol. The molecule has 0 aromatic rings. The molecule has 0 bridgehead atoms. The van der Waals surface area contributed by atoms with Crippen LogP contribution in [-0.4, -0.2) is 54.4 Å². The highest BCUT2D eigenvalue weighted by Gasteiger charge is 2.34. The molecule has 1 saturated heterocycles. The first-order valence-electron chi connectivity index (χ1n) is 7.82. The largest absolute Gasteiger partial charge is 0.481 e. The van der Waals surface area contributed by atoms with Gasteiger partial charge >= 0.3 is 12.0 Å². The minimum Gasteiger partial charge on any atom is -0.481 e. The summed E-state index contributed by atoms with van der Waals surface area (Å²) < 4.78 is 5.45. The first-order chi connectivity index (χ1) is 10.0. The molecule has 1 saturated carbocycles. The van der Waals surface area contributed by atoms with E-state index >= 15 is 0 Å². The second-order valence-electron chi connectivity index (χ2n) is 6.40. The Bertz CT molecular complexity index is 388. The number of nitrogens with one attached hydrogen (secondary N) is 1. The fraction of sp³-hybridized carbons (Fsp3) is 0.867. The van der Waals surface area contributed by atoms with Crippen molar-refractivity contribution in [2.24, 2.45) is 11.8 Å². The maximum absolute atomic E-state index is 12.4. The molecule has 21 heavy (non-hydrogen) atoms. The number of hydrogen-bond acceptors (Lipinski definition) is 3. The summed E-state index contributed by atoms with van der Waals surface area (Å²) in [6.07, 6.45) is 4.83. The molecular weight excluding hydrogens is 272 g/mol. The Morgan fingerprint density at radius 2 is 1.95 bits per heavy atom. The number of likely N-dealkylation sites (tertiary alicyclic amines) is 1. The standard InChI is InChI=1S/C15H26N2O4/c1-10-7-11(14(18)19)9-17(8-10)15(20)16-12-5-3-4-6-13(12)21-2/h10-13H,3-9H2,1-2H3,(H,16,20)(H,18,19)/t10?,11?,12-,13-/m0/s1. The van der Waals surface area contributed by atoms with Gasteiger partial charge in [0.2, 0.25) is 0 Å². The molecule has 1 aliphatic heterocycles. The third-order valence-electron chi connectivity index (χ3n) is 4.61. The lowest BCUT2D eigenvalue weighted by Gasteiger charge is -2.37. The van der Waals surface area contributed by atoms with Gasteiger partial charge in [-0.25, -0.2) is 4.79 Å². The van der Waals surface area contributed by atoms with E-state index in [1.54, 1.807) is 12.0 Å². The van der Waals surface area contributed by atoms with Gasteiger partial charge in [-0.2, -0.15) is 0 Å². The zero-order chi connectivity index (χ0) is 15.4. The van der Waals surface area contributed by atoms with E-state index < -0.39 is 11.9 Å². The maximum Gasteiger partial charge on any atom is 0.317 e. The number of piperidine rings is 1. The molecule has 0 spiro atoms. The molecular formula is C15H26N2O4. The smallest absolute Gasteiger partial charge is 0.317 e. The van der Waals surface area contributed by atoms with Crippen molar-refractivity contribution in [1.29, 1.82) is 0 Å². The number of nitrogens with zero attached hydrogens (tertiary/aromatic N) is 1. The van der Waals surface area contributed by atoms with Gasteiger partial charge in [0.15, 0.2) is 0 Å². The predicted octanol–water partition coefficient (Wildman–Crippen LogP) is 1.70. The van der Waals surface area contributed by atoms with Crippen LogP contribution >= 0.6 is 0 Å². The number of methoxy groups -OCH3 is 1. The van der Waals surface area contributed by atoms with E-state index in [4.69, 9.17) is 4.74 Å². The first-order valence-corrected chi connectivity index (χ1v) is 7.82. The van der Waals surface area contributed by atoms with Crippen molar-refractivity contribution in [1.82, 2.24) is 10.2 Å². The van der Waals surface area contributed by atoms with E-state index in [-0.39, 0.29) is 24.1 Å². The molecule has 2 rings (SSSR count). The van der Waals surface area contributed by atoms with Crippen molar-refractivity contribution in [3.8, 4) is 0 Å². The summed E-state index contributed by atoms with van der Waals surface area (Å²) in [5, 5.41) is 12.2. The summed E-state index contributed by atoms with van der Waals surface area (Å²) in [7, 11) is 1.68. The van der Waals surface area contributed by atoms with Crippen molar-refractivity contribution in [2.75, 3.05) is 20.2 Å². The van der Waals surface area contributed by atoms with Gasteiger partial charge < -0.3 is 20.1 Å². The lowest BCUT2D eigenvalue weighted by atomic mass is 9.90. The van der Waals surface area contributed by atoms with Crippen LogP contribution in [0.5, 0.6) is 0 Å². The second kappa shape index (κ2) is 7.11. The lowest BCUT2D eigenvalue weighted by molar-refractivity contribution is -0.143. The Labute approximate surface area is 125 Å². The van der Waals surface area contributed by atoms with Gasteiger partial charge in [-0.1, -0.05) is 19.8 Å². The van der Waals surface area contributed by atoms with Gasteiger partial charge in [0.1, 0.15) is 0 Å². The van der Waals surface area contributed by atoms with Gasteiger partial charge in [-0.05, 0) is 25.2 Å². The molecule has 2 aliphatic rings. The number of urea groups is 1. The van der Waals surface area contributed by atoms with Crippen LogP contribution in [0, 0.1) is 11.8 Å². The summed E-state index contributed by atoms with van der Waals surface area (Å²) in [6.45, 7) is 2.92. The SMILES string of the molecule is CO[C@H]1CCCC[C@@H]1NC(=O)N1CC(C)CC(C(=O)O)C1. The highest BCUT2D eigenvalue weighted by molar-refractivity contribution is 5.77. The fourth-order valence-corrected chi connectivity index (χ4v) is 3.49. The van der Waals surface area contributed by atoms with E-state index in [2.05, 4.69) is 5.32 Å². The third kappa shape index (κ3) is 4.09. The summed E-state index contributed by atoms with van der Waals surface area (Å²) in [5.74, 6) is -1.05. The van der Waals surface area contributed by atoms with Crippen LogP contribution in [0.2, 0.25) is 0 Å². The molecule has 2 N–H and O–H groups in total. The molecule has 2 unspecified atom stereocenters. The second-order valence-corrected chi connectivity index (χ2v) is 6.40. The van der Waals surface area contributed by atoms with Crippen LogP contribution in [0.25, 0.3) is 0 Å². The zero-order valence-electron chi connectivity index (χ0n) is 12.9. The Hall–Kier alpha value is -1.30. The van der Waals surface area contributed by atoms with E-state index in [1.807, 2.05) is 6.92 Å². The number of aliphatic carboxylic acids is 1. The van der Waals surface area contributed by atoms with Crippen LogP contribution in [0.4, 0.5) is 4.79 Å². The Balaban J connectivity index is 1.93. The van der Waals surface area contributed by atoms with Crippen molar-refractivity contribution in [2.45, 2.75) is 51.2 Å². The van der Waals surface area contributed by atoms with Crippen LogP contribution in [-0.2, 0) is 9.53 Å². The summed E-state index contributed by atoms with van der Waals surface area (Å²) >= 11 is 0. The molecule has 0 aromatic heterocycles. The summed E-state index contributed by atoms with van der Waals surface area (Å²) in [5.41, 5.74) is 0. The molecule has 2 fully saturated rings. The molecule has 1 aliphatic carbocycles. The molecule has 6 heteroatoms. The fourth-order valence-electron chi connectivity index (χ4n) is 3.49. The Morgan fingerprint density at radius 1 is 1.24 bits per heavy atom. The summed E-state index contributed by atoms with van der Waals surface area (Å²) in [6, 6.07) is -0.112. The van der Waals surface area contributed by atoms with Gasteiger partial charge in [0.05, 0.1) is 18.1 Å². The Morgan fingerprint density at radius 3 is 2.62 bits per heavy atom. The molecule has 1 heterocycles. The normalized spacial score (nSPS) is 33.5. The van der Waals surface area contributed by atoms with Gasteiger partial charge in [0.25, 0.3) is 0 Å². The van der Waals surface area contributed by atoms with Gasteiger partial charge in [-0.3, -0.25) is 4.79 Å². The number of carboxylic acids is 1. The van der Waals surface area contributed by atoms with Crippen molar-refractivity contribution < 1.29 is 19.4 Å². The van der Waals surface area contributed by atoms with Crippen LogP contribution in [0.15, 0.2) is 0 Å². The Kier molecular flexibility index (Phi) is 5.45. The van der Waals surface area contributed by atoms with Crippen molar-refractivity contribution in [3.05, 3.63) is 0 Å². The monoisotopic (exact) mass is 298 g/mol. The van der Waals surface area contributed by atoms with Crippen LogP contribution in [0.3, 0.4) is 0 Å². The number of rotatable bonds is 3. The average Bonchev–Trinajstić information content (AvgIpc) is 2.47. The molecule has 6 nitrogen and oxygen atoms in total. The highest BCUT2D eigenvalue weighted by Crippen LogP contribution is 2.24. The zero-order valence-corrected chi connectivity index (χ0v) is 12.9. The minimum absolute atomic E-state index is 0.0387. The van der Waals surface area contributed by atoms with Crippen LogP contribution < -0.4 is 5.32 Å². The van der Waals surface area contributed by atoms with E-state index in [0.29, 0.717) is 19.5 Å². The molecule has 0 radical (unpaired) electrons. The highest BCUT2D eigenvalue weighted by atomic mass is 16.5. The molecule has 4 atom stereocenters. The molecule has 0 aromatic carbocycles. The number of carboxylic acid groups (broad SMARTS) is 1. The quantitative estimate of drug-likeness (QED) is 0.831. The van der Waals surface area contributed by atoms with Crippen molar-refractivity contribution >= 4 is 12.0 Å². The molecule has 2 amide bonds. The maximum atomic E-state index is 12.4. The van der Waals surface area contributed by atoms with Crippen molar-refractivity contribution in [3.63, 3.8) is 0 Å². The molecule has 120 valence electrons. The summed E-state index contributed by atoms with van der Waals surface area (Å²) in [4.78, 5) is 25.2. The number of amides is 2.